The Balaban J connectivity index is 2.08. The van der Waals surface area contributed by atoms with E-state index in [1.54, 1.807) is 24.4 Å². The van der Waals surface area contributed by atoms with Crippen LogP contribution in [-0.4, -0.2) is 11.3 Å². The fourth-order valence-electron chi connectivity index (χ4n) is 1.87. The summed E-state index contributed by atoms with van der Waals surface area (Å²) >= 11 is 3.38. The van der Waals surface area contributed by atoms with Crippen LogP contribution in [0.25, 0.3) is 10.2 Å². The maximum absolute atomic E-state index is 13.9. The highest BCUT2D eigenvalue weighted by Gasteiger charge is 2.13. The fourth-order valence-corrected chi connectivity index (χ4v) is 3.35. The smallest absolute Gasteiger partial charge is 0.153 e. The first-order valence-corrected chi connectivity index (χ1v) is 7.63. The molecule has 3 rings (SSSR count). The number of pyridine rings is 1. The molecule has 0 unspecified atom stereocenters. The van der Waals surface area contributed by atoms with Gasteiger partial charge in [0.2, 0.25) is 0 Å². The van der Waals surface area contributed by atoms with Crippen molar-refractivity contribution < 1.29 is 9.18 Å². The summed E-state index contributed by atoms with van der Waals surface area (Å²) in [6.07, 6.45) is 2.44. The summed E-state index contributed by atoms with van der Waals surface area (Å²) in [5, 5.41) is 4.36. The Morgan fingerprint density at radius 1 is 1.35 bits per heavy atom. The van der Waals surface area contributed by atoms with E-state index >= 15 is 0 Å². The summed E-state index contributed by atoms with van der Waals surface area (Å²) < 4.78 is 14.7. The number of hydrogen-bond donors (Lipinski definition) is 1. The standard InChI is InChI=1S/C14H8FIN2OS/c15-11-6-8(16)3-4-12(11)18-14-10(7-19)9-2-1-5-17-13(9)20-14/h1-7,18H. The van der Waals surface area contributed by atoms with Crippen LogP contribution >= 0.6 is 33.9 Å². The molecule has 100 valence electrons. The molecule has 0 spiro atoms. The highest BCUT2D eigenvalue weighted by molar-refractivity contribution is 14.1. The lowest BCUT2D eigenvalue weighted by Gasteiger charge is -2.06. The largest absolute Gasteiger partial charge is 0.344 e. The van der Waals surface area contributed by atoms with Gasteiger partial charge in [0.25, 0.3) is 0 Å². The van der Waals surface area contributed by atoms with E-state index in [-0.39, 0.29) is 5.82 Å². The first kappa shape index (κ1) is 13.4. The van der Waals surface area contributed by atoms with Crippen LogP contribution in [0.5, 0.6) is 0 Å². The number of rotatable bonds is 3. The quantitative estimate of drug-likeness (QED) is 0.518. The zero-order chi connectivity index (χ0) is 14.1. The molecule has 0 saturated carbocycles. The first-order chi connectivity index (χ1) is 9.69. The van der Waals surface area contributed by atoms with Gasteiger partial charge in [0, 0.05) is 15.2 Å². The zero-order valence-corrected chi connectivity index (χ0v) is 13.0. The number of carbonyl (C=O) groups is 1. The van der Waals surface area contributed by atoms with E-state index in [4.69, 9.17) is 0 Å². The van der Waals surface area contributed by atoms with Crippen LogP contribution in [0.1, 0.15) is 10.4 Å². The monoisotopic (exact) mass is 398 g/mol. The maximum atomic E-state index is 13.9. The van der Waals surface area contributed by atoms with Gasteiger partial charge in [-0.2, -0.15) is 0 Å². The molecule has 0 amide bonds. The van der Waals surface area contributed by atoms with Crippen LogP contribution in [0, 0.1) is 9.39 Å². The highest BCUT2D eigenvalue weighted by atomic mass is 127. The zero-order valence-electron chi connectivity index (χ0n) is 10.1. The van der Waals surface area contributed by atoms with Crippen LogP contribution in [0.15, 0.2) is 36.5 Å². The Hall–Kier alpha value is -1.54. The van der Waals surface area contributed by atoms with Gasteiger partial charge in [-0.1, -0.05) is 11.3 Å². The van der Waals surface area contributed by atoms with Crippen LogP contribution in [0.3, 0.4) is 0 Å². The summed E-state index contributed by atoms with van der Waals surface area (Å²) in [5.74, 6) is -0.348. The van der Waals surface area contributed by atoms with Gasteiger partial charge in [0.1, 0.15) is 15.6 Å². The molecule has 3 nitrogen and oxygen atoms in total. The molecule has 0 aliphatic heterocycles. The van der Waals surface area contributed by atoms with Crippen LogP contribution in [0.2, 0.25) is 0 Å². The number of aromatic nitrogens is 1. The average Bonchev–Trinajstić information content (AvgIpc) is 2.79. The lowest BCUT2D eigenvalue weighted by molar-refractivity contribution is 0.112. The molecule has 20 heavy (non-hydrogen) atoms. The minimum absolute atomic E-state index is 0.347. The highest BCUT2D eigenvalue weighted by Crippen LogP contribution is 2.35. The number of aldehydes is 1. The third kappa shape index (κ3) is 2.40. The molecule has 2 heterocycles. The summed E-state index contributed by atoms with van der Waals surface area (Å²) in [6.45, 7) is 0. The SMILES string of the molecule is O=Cc1c(Nc2ccc(I)cc2F)sc2ncccc12. The van der Waals surface area contributed by atoms with E-state index in [1.165, 1.54) is 17.4 Å². The van der Waals surface area contributed by atoms with Crippen molar-refractivity contribution in [3.8, 4) is 0 Å². The molecule has 0 saturated heterocycles. The topological polar surface area (TPSA) is 42.0 Å². The second kappa shape index (κ2) is 5.45. The molecule has 0 aliphatic rings. The molecule has 1 aromatic carbocycles. The molecule has 0 atom stereocenters. The van der Waals surface area contributed by atoms with Gasteiger partial charge in [0.05, 0.1) is 11.3 Å². The number of thiophene rings is 1. The van der Waals surface area contributed by atoms with Gasteiger partial charge in [0.15, 0.2) is 6.29 Å². The molecule has 0 fully saturated rings. The third-order valence-electron chi connectivity index (χ3n) is 2.80. The Labute approximate surface area is 132 Å². The van der Waals surface area contributed by atoms with E-state index in [0.29, 0.717) is 16.3 Å². The predicted octanol–water partition coefficient (Wildman–Crippen LogP) is 4.60. The minimum atomic E-state index is -0.348. The number of nitrogens with zero attached hydrogens (tertiary/aromatic N) is 1. The van der Waals surface area contributed by atoms with Crippen molar-refractivity contribution in [3.63, 3.8) is 0 Å². The Morgan fingerprint density at radius 3 is 2.95 bits per heavy atom. The van der Waals surface area contributed by atoms with Crippen molar-refractivity contribution in [1.82, 2.24) is 4.98 Å². The fraction of sp³-hybridized carbons (Fsp3) is 0. The molecular formula is C14H8FIN2OS. The van der Waals surface area contributed by atoms with E-state index in [1.807, 2.05) is 28.7 Å². The van der Waals surface area contributed by atoms with E-state index in [9.17, 15) is 9.18 Å². The number of anilines is 2. The third-order valence-corrected chi connectivity index (χ3v) is 4.52. The molecule has 3 aromatic rings. The van der Waals surface area contributed by atoms with E-state index in [2.05, 4.69) is 10.3 Å². The number of halogens is 2. The maximum Gasteiger partial charge on any atom is 0.153 e. The molecular weight excluding hydrogens is 390 g/mol. The molecule has 6 heteroatoms. The van der Waals surface area contributed by atoms with Crippen molar-refractivity contribution in [1.29, 1.82) is 0 Å². The Kier molecular flexibility index (Phi) is 3.66. The second-order valence-electron chi connectivity index (χ2n) is 4.07. The van der Waals surface area contributed by atoms with Crippen molar-refractivity contribution >= 4 is 61.1 Å². The van der Waals surface area contributed by atoms with Crippen molar-refractivity contribution in [3.05, 3.63) is 51.5 Å². The molecule has 0 bridgehead atoms. The Bertz CT molecular complexity index is 803. The van der Waals surface area contributed by atoms with Gasteiger partial charge in [-0.05, 0) is 52.9 Å². The van der Waals surface area contributed by atoms with Crippen molar-refractivity contribution in [2.45, 2.75) is 0 Å². The number of fused-ring (bicyclic) bond motifs is 1. The van der Waals surface area contributed by atoms with Crippen molar-refractivity contribution in [2.75, 3.05) is 5.32 Å². The summed E-state index contributed by atoms with van der Waals surface area (Å²) in [6, 6.07) is 8.51. The van der Waals surface area contributed by atoms with Gasteiger partial charge < -0.3 is 5.32 Å². The van der Waals surface area contributed by atoms with Crippen molar-refractivity contribution in [2.24, 2.45) is 0 Å². The lowest BCUT2D eigenvalue weighted by Crippen LogP contribution is -1.94. The minimum Gasteiger partial charge on any atom is -0.344 e. The summed E-state index contributed by atoms with van der Waals surface area (Å²) in [4.78, 5) is 16.2. The molecule has 2 aromatic heterocycles. The predicted molar refractivity (Wildman–Crippen MR) is 87.4 cm³/mol. The number of carbonyl (C=O) groups excluding carboxylic acids is 1. The summed E-state index contributed by atoms with van der Waals surface area (Å²) in [7, 11) is 0. The number of nitrogens with one attached hydrogen (secondary N) is 1. The first-order valence-electron chi connectivity index (χ1n) is 5.74. The van der Waals surface area contributed by atoms with Crippen LogP contribution in [-0.2, 0) is 0 Å². The van der Waals surface area contributed by atoms with Gasteiger partial charge >= 0.3 is 0 Å². The van der Waals surface area contributed by atoms with E-state index in [0.717, 1.165) is 20.1 Å². The van der Waals surface area contributed by atoms with Gasteiger partial charge in [-0.15, -0.1) is 0 Å². The number of benzene rings is 1. The average molecular weight is 398 g/mol. The normalized spacial score (nSPS) is 10.7. The Morgan fingerprint density at radius 2 is 2.20 bits per heavy atom. The summed E-state index contributed by atoms with van der Waals surface area (Å²) in [5.41, 5.74) is 0.858. The molecule has 0 radical (unpaired) electrons. The van der Waals surface area contributed by atoms with Gasteiger partial charge in [-0.25, -0.2) is 9.37 Å². The second-order valence-corrected chi connectivity index (χ2v) is 6.31. The number of hydrogen-bond acceptors (Lipinski definition) is 4. The van der Waals surface area contributed by atoms with Gasteiger partial charge in [-0.3, -0.25) is 4.79 Å². The van der Waals surface area contributed by atoms with Crippen LogP contribution in [0.4, 0.5) is 15.1 Å². The van der Waals surface area contributed by atoms with E-state index < -0.39 is 0 Å². The molecule has 0 aliphatic carbocycles. The lowest BCUT2D eigenvalue weighted by atomic mass is 10.2. The molecule has 1 N–H and O–H groups in total. The van der Waals surface area contributed by atoms with Crippen LogP contribution < -0.4 is 5.32 Å².